The zero-order valence-corrected chi connectivity index (χ0v) is 26.1. The van der Waals surface area contributed by atoms with Crippen LogP contribution in [0, 0.1) is 5.82 Å². The Morgan fingerprint density at radius 2 is 1.62 bits per heavy atom. The third kappa shape index (κ3) is 7.32. The molecule has 2 aromatic heterocycles. The number of fused-ring (bicyclic) bond motifs is 1. The second-order valence-corrected chi connectivity index (χ2v) is 11.8. The van der Waals surface area contributed by atoms with E-state index in [0.29, 0.717) is 11.1 Å². The maximum Gasteiger partial charge on any atom is 0.522 e. The van der Waals surface area contributed by atoms with Gasteiger partial charge in [0.2, 0.25) is 0 Å². The number of benzene rings is 3. The van der Waals surface area contributed by atoms with Crippen LogP contribution in [0.2, 0.25) is 0 Å². The number of carbonyl (C=O) groups excluding carboxylic acids is 2. The van der Waals surface area contributed by atoms with Gasteiger partial charge in [-0.25, -0.2) is 14.4 Å². The highest BCUT2D eigenvalue weighted by atomic mass is 19.4. The predicted octanol–water partition coefficient (Wildman–Crippen LogP) is 7.87. The van der Waals surface area contributed by atoms with Gasteiger partial charge in [-0.2, -0.15) is 13.2 Å². The third-order valence-electron chi connectivity index (χ3n) is 8.39. The highest BCUT2D eigenvalue weighted by Gasteiger charge is 2.53. The molecule has 1 fully saturated rings. The van der Waals surface area contributed by atoms with Gasteiger partial charge in [0, 0.05) is 55.2 Å². The van der Waals surface area contributed by atoms with E-state index in [-0.39, 0.29) is 57.6 Å². The van der Waals surface area contributed by atoms with Gasteiger partial charge in [0.25, 0.3) is 11.8 Å². The molecule has 15 heteroatoms. The SMILES string of the molecule is CNC(=O)c1c(-c2ccc(F)cc2)oc2cc(CCC(F)(F)F)c(-c3cccc(C(=O)NC4(c5ncccn5)CC(OC(F)(F)F)C4)c3)cc12. The van der Waals surface area contributed by atoms with Crippen LogP contribution in [0.1, 0.15) is 51.4 Å². The van der Waals surface area contributed by atoms with Crippen LogP contribution >= 0.6 is 0 Å². The number of carbonyl (C=O) groups is 2. The summed E-state index contributed by atoms with van der Waals surface area (Å²) in [6, 6.07) is 15.5. The number of ether oxygens (including phenoxy) is 1. The number of rotatable bonds is 9. The van der Waals surface area contributed by atoms with Crippen LogP contribution in [0.25, 0.3) is 33.4 Å². The third-order valence-corrected chi connectivity index (χ3v) is 8.39. The first kappa shape index (κ1) is 34.5. The second-order valence-electron chi connectivity index (χ2n) is 11.8. The Morgan fingerprint density at radius 3 is 2.26 bits per heavy atom. The highest BCUT2D eigenvalue weighted by molar-refractivity contribution is 6.12. The molecule has 0 unspecified atom stereocenters. The minimum absolute atomic E-state index is 0.0468. The van der Waals surface area contributed by atoms with Crippen LogP contribution in [-0.4, -0.2) is 47.5 Å². The van der Waals surface area contributed by atoms with Gasteiger partial charge in [0.05, 0.1) is 11.7 Å². The number of hydrogen-bond acceptors (Lipinski definition) is 6. The molecule has 1 aliphatic rings. The van der Waals surface area contributed by atoms with Crippen molar-refractivity contribution in [3.63, 3.8) is 0 Å². The van der Waals surface area contributed by atoms with Crippen molar-refractivity contribution in [1.29, 1.82) is 0 Å². The largest absolute Gasteiger partial charge is 0.522 e. The lowest BCUT2D eigenvalue weighted by molar-refractivity contribution is -0.356. The average molecular weight is 701 g/mol. The maximum absolute atomic E-state index is 13.7. The number of nitrogens with zero attached hydrogens (tertiary/aromatic N) is 2. The predicted molar refractivity (Wildman–Crippen MR) is 166 cm³/mol. The van der Waals surface area contributed by atoms with Crippen LogP contribution in [0.3, 0.4) is 0 Å². The van der Waals surface area contributed by atoms with E-state index in [1.807, 2.05) is 0 Å². The zero-order chi connectivity index (χ0) is 35.8. The van der Waals surface area contributed by atoms with Gasteiger partial charge in [-0.3, -0.25) is 14.3 Å². The summed E-state index contributed by atoms with van der Waals surface area (Å²) in [7, 11) is 1.39. The summed E-state index contributed by atoms with van der Waals surface area (Å²) >= 11 is 0. The average Bonchev–Trinajstić information content (AvgIpc) is 3.43. The quantitative estimate of drug-likeness (QED) is 0.152. The Bertz CT molecular complexity index is 2040. The maximum atomic E-state index is 13.7. The second kappa shape index (κ2) is 13.2. The number of furan rings is 1. The van der Waals surface area contributed by atoms with Crippen LogP contribution in [0.5, 0.6) is 0 Å². The summed E-state index contributed by atoms with van der Waals surface area (Å²) in [5.41, 5.74) is 0.00369. The molecule has 1 aliphatic carbocycles. The van der Waals surface area contributed by atoms with E-state index in [4.69, 9.17) is 4.42 Å². The van der Waals surface area contributed by atoms with Crippen LogP contribution < -0.4 is 10.6 Å². The molecule has 6 rings (SSSR count). The molecule has 2 heterocycles. The first-order valence-electron chi connectivity index (χ1n) is 15.2. The van der Waals surface area contributed by atoms with Crippen molar-refractivity contribution in [2.24, 2.45) is 0 Å². The van der Waals surface area contributed by atoms with Crippen molar-refractivity contribution < 1.29 is 49.5 Å². The number of alkyl halides is 6. The summed E-state index contributed by atoms with van der Waals surface area (Å²) < 4.78 is 103. The number of amides is 2. The fourth-order valence-electron chi connectivity index (χ4n) is 6.09. The van der Waals surface area contributed by atoms with Crippen molar-refractivity contribution in [3.05, 3.63) is 107 Å². The van der Waals surface area contributed by atoms with E-state index in [1.165, 1.54) is 80.1 Å². The standard InChI is InChI=1S/C35H27F7N4O4/c1-43-31(48)28-26-16-25(21(10-11-34(37,38)39)15-27(26)49-29(28)19-6-8-23(36)9-7-19)20-4-2-5-22(14-20)30(47)46-33(32-44-12-3-13-45-32)17-24(18-33)50-35(40,41)42/h2-9,12-16,24H,10-11,17-18H2,1H3,(H,43,48)(H,46,47). The van der Waals surface area contributed by atoms with E-state index in [2.05, 4.69) is 25.3 Å². The summed E-state index contributed by atoms with van der Waals surface area (Å²) in [5.74, 6) is -1.62. The molecule has 50 heavy (non-hydrogen) atoms. The summed E-state index contributed by atoms with van der Waals surface area (Å²) in [6.45, 7) is 0. The van der Waals surface area contributed by atoms with Crippen molar-refractivity contribution in [2.45, 2.75) is 49.9 Å². The molecule has 0 atom stereocenters. The Hall–Kier alpha value is -5.31. The number of hydrogen-bond donors (Lipinski definition) is 2. The fourth-order valence-corrected chi connectivity index (χ4v) is 6.09. The van der Waals surface area contributed by atoms with Crippen molar-refractivity contribution in [3.8, 4) is 22.5 Å². The van der Waals surface area contributed by atoms with Gasteiger partial charge in [-0.05, 0) is 77.7 Å². The van der Waals surface area contributed by atoms with Gasteiger partial charge in [0.1, 0.15) is 22.7 Å². The molecule has 0 aliphatic heterocycles. The molecule has 5 aromatic rings. The molecule has 2 N–H and O–H groups in total. The molecule has 260 valence electrons. The molecule has 0 radical (unpaired) electrons. The normalized spacial score (nSPS) is 17.7. The van der Waals surface area contributed by atoms with Gasteiger partial charge >= 0.3 is 12.5 Å². The van der Waals surface area contributed by atoms with Crippen molar-refractivity contribution in [1.82, 2.24) is 20.6 Å². The number of halogens is 7. The Balaban J connectivity index is 1.41. The van der Waals surface area contributed by atoms with Crippen LogP contribution in [0.15, 0.2) is 83.5 Å². The molecule has 8 nitrogen and oxygen atoms in total. The Kier molecular flexibility index (Phi) is 9.12. The number of aryl methyl sites for hydroxylation is 1. The lowest BCUT2D eigenvalue weighted by Crippen LogP contribution is -2.59. The van der Waals surface area contributed by atoms with Crippen molar-refractivity contribution >= 4 is 22.8 Å². The van der Waals surface area contributed by atoms with Gasteiger partial charge in [-0.15, -0.1) is 13.2 Å². The first-order valence-corrected chi connectivity index (χ1v) is 15.2. The van der Waals surface area contributed by atoms with Gasteiger partial charge in [0.15, 0.2) is 5.82 Å². The minimum atomic E-state index is -4.88. The molecule has 0 bridgehead atoms. The van der Waals surface area contributed by atoms with Crippen molar-refractivity contribution in [2.75, 3.05) is 7.05 Å². The molecule has 0 saturated heterocycles. The number of aromatic nitrogens is 2. The summed E-state index contributed by atoms with van der Waals surface area (Å²) in [4.78, 5) is 35.1. The minimum Gasteiger partial charge on any atom is -0.455 e. The lowest BCUT2D eigenvalue weighted by Gasteiger charge is -2.46. The van der Waals surface area contributed by atoms with E-state index in [9.17, 15) is 40.3 Å². The smallest absolute Gasteiger partial charge is 0.455 e. The van der Waals surface area contributed by atoms with Gasteiger partial charge in [-0.1, -0.05) is 12.1 Å². The number of nitrogens with one attached hydrogen (secondary N) is 2. The molecule has 1 saturated carbocycles. The summed E-state index contributed by atoms with van der Waals surface area (Å²) in [5, 5.41) is 5.54. The first-order chi connectivity index (χ1) is 23.6. The molecule has 3 aromatic carbocycles. The van der Waals surface area contributed by atoms with Crippen LogP contribution in [-0.2, 0) is 16.7 Å². The van der Waals surface area contributed by atoms with Crippen LogP contribution in [0.4, 0.5) is 30.7 Å². The summed E-state index contributed by atoms with van der Waals surface area (Å²) in [6.07, 6.45) is -10.0. The topological polar surface area (TPSA) is 106 Å². The molecule has 2 amide bonds. The highest BCUT2D eigenvalue weighted by Crippen LogP contribution is 2.44. The van der Waals surface area contributed by atoms with E-state index < -0.39 is 54.7 Å². The molecule has 0 spiro atoms. The molecular weight excluding hydrogens is 673 g/mol. The lowest BCUT2D eigenvalue weighted by atomic mass is 9.73. The van der Waals surface area contributed by atoms with E-state index >= 15 is 0 Å². The van der Waals surface area contributed by atoms with Gasteiger partial charge < -0.3 is 15.1 Å². The Labute approximate surface area is 279 Å². The monoisotopic (exact) mass is 700 g/mol. The van der Waals surface area contributed by atoms with E-state index in [0.717, 1.165) is 0 Å². The van der Waals surface area contributed by atoms with E-state index in [1.54, 1.807) is 6.07 Å². The Morgan fingerprint density at radius 1 is 0.920 bits per heavy atom. The molecular formula is C35H27F7N4O4. The fraction of sp³-hybridized carbons (Fsp3) is 0.257. The zero-order valence-electron chi connectivity index (χ0n) is 26.1.